The molecule has 0 bridgehead atoms. The van der Waals surface area contributed by atoms with E-state index in [1.165, 1.54) is 26.4 Å². The van der Waals surface area contributed by atoms with Crippen LogP contribution in [0.4, 0.5) is 11.8 Å². The van der Waals surface area contributed by atoms with Gasteiger partial charge in [0.05, 0.1) is 19.0 Å². The second-order valence-electron chi connectivity index (χ2n) is 9.77. The number of aliphatic hydroxyl groups is 1. The Morgan fingerprint density at radius 2 is 1.94 bits per heavy atom. The van der Waals surface area contributed by atoms with E-state index >= 15 is 0 Å². The summed E-state index contributed by atoms with van der Waals surface area (Å²) in [5, 5.41) is 27.4. The van der Waals surface area contributed by atoms with Gasteiger partial charge in [-0.3, -0.25) is 0 Å². The second-order valence-corrected chi connectivity index (χ2v) is 9.77. The molecule has 1 aliphatic carbocycles. The molecule has 0 spiro atoms. The van der Waals surface area contributed by atoms with Gasteiger partial charge in [-0.15, -0.1) is 0 Å². The highest BCUT2D eigenvalue weighted by Gasteiger charge is 2.24. The molecule has 0 radical (unpaired) electrons. The Morgan fingerprint density at radius 1 is 1.18 bits per heavy atom. The van der Waals surface area contributed by atoms with Crippen molar-refractivity contribution in [2.45, 2.75) is 71.1 Å². The van der Waals surface area contributed by atoms with Crippen molar-refractivity contribution in [2.75, 3.05) is 24.3 Å². The number of anilines is 2. The normalized spacial score (nSPS) is 15.9. The smallest absolute Gasteiger partial charge is 0.226 e. The fraction of sp³-hybridized carbons (Fsp3) is 0.560. The SMILES string of the molecule is COc1cccc(CNc2nc(NCC(C)C(C)(C)O)nc3c2ncn3C2CCCCC2)c1O. The summed E-state index contributed by atoms with van der Waals surface area (Å²) >= 11 is 0. The summed E-state index contributed by atoms with van der Waals surface area (Å²) in [6.45, 7) is 6.47. The number of hydrogen-bond acceptors (Lipinski definition) is 8. The summed E-state index contributed by atoms with van der Waals surface area (Å²) < 4.78 is 7.41. The van der Waals surface area contributed by atoms with Crippen molar-refractivity contribution in [3.8, 4) is 11.5 Å². The molecule has 4 rings (SSSR count). The quantitative estimate of drug-likeness (QED) is 0.363. The highest BCUT2D eigenvalue weighted by Crippen LogP contribution is 2.33. The Labute approximate surface area is 200 Å². The van der Waals surface area contributed by atoms with Gasteiger partial charge in [0.25, 0.3) is 0 Å². The molecule has 0 amide bonds. The molecule has 0 aliphatic heterocycles. The molecule has 2 aromatic heterocycles. The average molecular weight is 469 g/mol. The summed E-state index contributed by atoms with van der Waals surface area (Å²) in [7, 11) is 1.53. The number of nitrogens with one attached hydrogen (secondary N) is 2. The van der Waals surface area contributed by atoms with Crippen LogP contribution >= 0.6 is 0 Å². The maximum atomic E-state index is 10.5. The monoisotopic (exact) mass is 468 g/mol. The molecule has 1 aliphatic rings. The van der Waals surface area contributed by atoms with E-state index in [4.69, 9.17) is 14.7 Å². The molecule has 1 atom stereocenters. The molecular formula is C25H36N6O3. The van der Waals surface area contributed by atoms with Crippen LogP contribution in [0.5, 0.6) is 11.5 Å². The number of hydrogen-bond donors (Lipinski definition) is 4. The largest absolute Gasteiger partial charge is 0.504 e. The van der Waals surface area contributed by atoms with Gasteiger partial charge in [0, 0.05) is 30.6 Å². The molecule has 184 valence electrons. The number of para-hydroxylation sites is 1. The number of rotatable bonds is 9. The lowest BCUT2D eigenvalue weighted by Crippen LogP contribution is -2.33. The summed E-state index contributed by atoms with van der Waals surface area (Å²) in [5.74, 6) is 1.61. The first-order chi connectivity index (χ1) is 16.3. The molecule has 1 fully saturated rings. The van der Waals surface area contributed by atoms with Gasteiger partial charge in [-0.05, 0) is 32.8 Å². The van der Waals surface area contributed by atoms with Gasteiger partial charge in [-0.2, -0.15) is 9.97 Å². The molecule has 1 aromatic carbocycles. The molecule has 9 nitrogen and oxygen atoms in total. The van der Waals surface area contributed by atoms with Crippen molar-refractivity contribution in [1.29, 1.82) is 0 Å². The highest BCUT2D eigenvalue weighted by molar-refractivity contribution is 5.84. The van der Waals surface area contributed by atoms with E-state index in [1.54, 1.807) is 19.9 Å². The minimum Gasteiger partial charge on any atom is -0.504 e. The lowest BCUT2D eigenvalue weighted by atomic mass is 9.93. The zero-order chi connectivity index (χ0) is 24.3. The van der Waals surface area contributed by atoms with Crippen LogP contribution in [-0.4, -0.2) is 49.0 Å². The summed E-state index contributed by atoms with van der Waals surface area (Å²) in [6.07, 6.45) is 7.81. The van der Waals surface area contributed by atoms with Gasteiger partial charge in [-0.25, -0.2) is 4.98 Å². The zero-order valence-corrected chi connectivity index (χ0v) is 20.5. The zero-order valence-electron chi connectivity index (χ0n) is 20.5. The van der Waals surface area contributed by atoms with Gasteiger partial charge >= 0.3 is 0 Å². The van der Waals surface area contributed by atoms with Gasteiger partial charge in [0.15, 0.2) is 28.5 Å². The standard InChI is InChI=1S/C25H36N6O3/c1-16(25(2,3)33)13-27-24-29-22(26-14-17-9-8-12-19(34-4)21(17)32)20-23(30-24)31(15-28-20)18-10-6-5-7-11-18/h8-9,12,15-16,18,32-33H,5-7,10-11,13-14H2,1-4H3,(H2,26,27,29,30). The van der Waals surface area contributed by atoms with Crippen LogP contribution in [0.3, 0.4) is 0 Å². The van der Waals surface area contributed by atoms with Crippen LogP contribution in [0.15, 0.2) is 24.5 Å². The number of imidazole rings is 1. The Balaban J connectivity index is 1.65. The molecule has 3 aromatic rings. The van der Waals surface area contributed by atoms with Crippen LogP contribution in [0.25, 0.3) is 11.2 Å². The Hall–Kier alpha value is -3.07. The van der Waals surface area contributed by atoms with Crippen molar-refractivity contribution < 1.29 is 14.9 Å². The van der Waals surface area contributed by atoms with Crippen molar-refractivity contribution in [3.63, 3.8) is 0 Å². The van der Waals surface area contributed by atoms with Crippen molar-refractivity contribution in [2.24, 2.45) is 5.92 Å². The fourth-order valence-electron chi connectivity index (χ4n) is 4.29. The third kappa shape index (κ3) is 5.19. The molecular weight excluding hydrogens is 432 g/mol. The van der Waals surface area contributed by atoms with E-state index in [1.807, 2.05) is 25.4 Å². The fourth-order valence-corrected chi connectivity index (χ4v) is 4.29. The van der Waals surface area contributed by atoms with Gasteiger partial charge in [-0.1, -0.05) is 38.3 Å². The maximum absolute atomic E-state index is 10.5. The van der Waals surface area contributed by atoms with Crippen LogP contribution in [-0.2, 0) is 6.54 Å². The predicted molar refractivity (Wildman–Crippen MR) is 133 cm³/mol. The lowest BCUT2D eigenvalue weighted by Gasteiger charge is -2.26. The first-order valence-electron chi connectivity index (χ1n) is 12.1. The van der Waals surface area contributed by atoms with Crippen LogP contribution in [0.1, 0.15) is 64.5 Å². The molecule has 0 saturated heterocycles. The topological polar surface area (TPSA) is 117 Å². The van der Waals surface area contributed by atoms with Crippen molar-refractivity contribution in [3.05, 3.63) is 30.1 Å². The Bertz CT molecular complexity index is 1120. The van der Waals surface area contributed by atoms with E-state index in [-0.39, 0.29) is 11.7 Å². The first kappa shape index (κ1) is 24.1. The number of nitrogens with zero attached hydrogens (tertiary/aromatic N) is 4. The molecule has 2 heterocycles. The predicted octanol–water partition coefficient (Wildman–Crippen LogP) is 4.48. The number of phenolic OH excluding ortho intramolecular Hbond substituents is 1. The van der Waals surface area contributed by atoms with E-state index in [2.05, 4.69) is 20.2 Å². The van der Waals surface area contributed by atoms with Crippen molar-refractivity contribution in [1.82, 2.24) is 19.5 Å². The van der Waals surface area contributed by atoms with Crippen LogP contribution in [0.2, 0.25) is 0 Å². The van der Waals surface area contributed by atoms with Crippen molar-refractivity contribution >= 4 is 22.9 Å². The number of phenols is 1. The maximum Gasteiger partial charge on any atom is 0.226 e. The number of aromatic nitrogens is 4. The van der Waals surface area contributed by atoms with Gasteiger partial charge in [0.1, 0.15) is 0 Å². The van der Waals surface area contributed by atoms with Crippen LogP contribution < -0.4 is 15.4 Å². The number of ether oxygens (including phenoxy) is 1. The number of methoxy groups -OCH3 is 1. The van der Waals surface area contributed by atoms with E-state index in [0.29, 0.717) is 47.7 Å². The lowest BCUT2D eigenvalue weighted by molar-refractivity contribution is 0.0303. The first-order valence-corrected chi connectivity index (χ1v) is 12.1. The number of fused-ring (bicyclic) bond motifs is 1. The molecule has 4 N–H and O–H groups in total. The Kier molecular flexibility index (Phi) is 7.11. The third-order valence-electron chi connectivity index (χ3n) is 6.91. The minimum atomic E-state index is -0.814. The van der Waals surface area contributed by atoms with E-state index in [9.17, 15) is 10.2 Å². The molecule has 1 unspecified atom stereocenters. The Morgan fingerprint density at radius 3 is 2.65 bits per heavy atom. The number of benzene rings is 1. The van der Waals surface area contributed by atoms with Gasteiger partial charge < -0.3 is 30.2 Å². The average Bonchev–Trinajstić information content (AvgIpc) is 3.26. The summed E-state index contributed by atoms with van der Waals surface area (Å²) in [6, 6.07) is 5.79. The van der Waals surface area contributed by atoms with Crippen LogP contribution in [0, 0.1) is 5.92 Å². The minimum absolute atomic E-state index is 0.000178. The highest BCUT2D eigenvalue weighted by atomic mass is 16.5. The second kappa shape index (κ2) is 10.0. The van der Waals surface area contributed by atoms with E-state index in [0.717, 1.165) is 18.5 Å². The number of aromatic hydroxyl groups is 1. The van der Waals surface area contributed by atoms with Gasteiger partial charge in [0.2, 0.25) is 5.95 Å². The third-order valence-corrected chi connectivity index (χ3v) is 6.91. The molecule has 34 heavy (non-hydrogen) atoms. The molecule has 1 saturated carbocycles. The van der Waals surface area contributed by atoms with E-state index < -0.39 is 5.60 Å². The summed E-state index contributed by atoms with van der Waals surface area (Å²) in [5.41, 5.74) is 1.38. The summed E-state index contributed by atoms with van der Waals surface area (Å²) in [4.78, 5) is 14.2. The molecule has 9 heteroatoms.